The Balaban J connectivity index is 3.68. The Morgan fingerprint density at radius 3 is 1.98 bits per heavy atom. The number of nitrogens with one attached hydrogen (secondary N) is 1. The molecule has 10 heteroatoms. The molecule has 0 spiro atoms. The second kappa shape index (κ2) is 27.9. The number of rotatable bonds is 29. The smallest absolute Gasteiger partial charge is 0.463 e. The van der Waals surface area contributed by atoms with Crippen molar-refractivity contribution < 1.29 is 37.9 Å². The average Bonchev–Trinajstić information content (AvgIpc) is 2.93. The number of hydrogen-bond acceptors (Lipinski definition) is 7. The lowest BCUT2D eigenvalue weighted by Crippen LogP contribution is -2.27. The maximum absolute atomic E-state index is 11.9. The highest BCUT2D eigenvalue weighted by Crippen LogP contribution is 2.42. The molecule has 2 atom stereocenters. The minimum atomic E-state index is -4.39. The van der Waals surface area contributed by atoms with E-state index < -0.39 is 26.5 Å². The van der Waals surface area contributed by atoms with E-state index >= 15 is 0 Å². The van der Waals surface area contributed by atoms with E-state index in [0.29, 0.717) is 6.42 Å². The molecule has 0 radical (unpaired) electrons. The second-order valence-electron chi connectivity index (χ2n) is 10.4. The van der Waals surface area contributed by atoms with Gasteiger partial charge in [-0.2, -0.15) is 0 Å². The standard InChI is InChI=1S/C30H58NO8P/c1-3-5-7-9-11-13-15-17-19-21-23-30(34)37-26-28(32)27-39-40(35,36)38-25-24-31-29(33)22-20-18-16-14-12-10-8-6-4-2/h7,9,28,32H,3-6,8,10-27H2,1-2H3,(H,31,33)(H,35,36)/b9-7-. The van der Waals surface area contributed by atoms with Crippen LogP contribution in [0.4, 0.5) is 0 Å². The molecule has 40 heavy (non-hydrogen) atoms. The lowest BCUT2D eigenvalue weighted by atomic mass is 10.1. The molecule has 1 amide bonds. The van der Waals surface area contributed by atoms with Gasteiger partial charge >= 0.3 is 13.8 Å². The minimum Gasteiger partial charge on any atom is -0.463 e. The number of phosphoric ester groups is 1. The molecule has 0 aromatic rings. The molecule has 0 saturated heterocycles. The number of phosphoric acid groups is 1. The molecule has 0 bridgehead atoms. The number of carbonyl (C=O) groups excluding carboxylic acids is 2. The van der Waals surface area contributed by atoms with Gasteiger partial charge in [0.25, 0.3) is 0 Å². The van der Waals surface area contributed by atoms with Gasteiger partial charge in [-0.1, -0.05) is 103 Å². The number of aliphatic hydroxyl groups excluding tert-OH is 1. The fraction of sp³-hybridized carbons (Fsp3) is 0.867. The van der Waals surface area contributed by atoms with Gasteiger partial charge in [-0.15, -0.1) is 0 Å². The predicted octanol–water partition coefficient (Wildman–Crippen LogP) is 7.15. The number of hydrogen-bond donors (Lipinski definition) is 3. The fourth-order valence-electron chi connectivity index (χ4n) is 4.03. The van der Waals surface area contributed by atoms with Crippen LogP contribution in [0.3, 0.4) is 0 Å². The zero-order valence-electron chi connectivity index (χ0n) is 25.3. The Labute approximate surface area is 243 Å². The number of allylic oxidation sites excluding steroid dienone is 2. The van der Waals surface area contributed by atoms with Gasteiger partial charge in [0, 0.05) is 19.4 Å². The van der Waals surface area contributed by atoms with E-state index in [4.69, 9.17) is 13.8 Å². The molecule has 0 heterocycles. The molecule has 0 fully saturated rings. The van der Waals surface area contributed by atoms with Crippen LogP contribution in [0, 0.1) is 0 Å². The molecule has 0 saturated carbocycles. The SMILES string of the molecule is CCC/C=C\CCCCCCCC(=O)OCC(O)COP(=O)(O)OCCNC(=O)CCCCCCCCCCC. The number of amides is 1. The average molecular weight is 592 g/mol. The molecule has 0 aromatic heterocycles. The molecule has 3 N–H and O–H groups in total. The fourth-order valence-corrected chi connectivity index (χ4v) is 4.78. The van der Waals surface area contributed by atoms with Crippen LogP contribution >= 0.6 is 7.82 Å². The highest BCUT2D eigenvalue weighted by Gasteiger charge is 2.23. The van der Waals surface area contributed by atoms with Crippen LogP contribution in [0.1, 0.15) is 136 Å². The highest BCUT2D eigenvalue weighted by atomic mass is 31.2. The molecule has 0 aliphatic carbocycles. The van der Waals surface area contributed by atoms with Crippen LogP contribution in [-0.2, 0) is 27.9 Å². The van der Waals surface area contributed by atoms with Crippen molar-refractivity contribution >= 4 is 19.7 Å². The Morgan fingerprint density at radius 1 is 0.750 bits per heavy atom. The van der Waals surface area contributed by atoms with Crippen molar-refractivity contribution in [1.29, 1.82) is 0 Å². The zero-order valence-corrected chi connectivity index (χ0v) is 26.2. The van der Waals surface area contributed by atoms with Gasteiger partial charge in [-0.05, 0) is 32.1 Å². The largest absolute Gasteiger partial charge is 0.472 e. The maximum atomic E-state index is 11.9. The first-order valence-electron chi connectivity index (χ1n) is 15.7. The normalized spacial score (nSPS) is 13.8. The quantitative estimate of drug-likeness (QED) is 0.0362. The third kappa shape index (κ3) is 28.3. The van der Waals surface area contributed by atoms with E-state index in [9.17, 15) is 24.2 Å². The van der Waals surface area contributed by atoms with E-state index in [-0.39, 0.29) is 32.1 Å². The van der Waals surface area contributed by atoms with Crippen molar-refractivity contribution in [2.24, 2.45) is 0 Å². The van der Waals surface area contributed by atoms with E-state index in [0.717, 1.165) is 64.2 Å². The van der Waals surface area contributed by atoms with Gasteiger partial charge in [-0.3, -0.25) is 18.6 Å². The third-order valence-corrected chi connectivity index (χ3v) is 7.41. The van der Waals surface area contributed by atoms with E-state index in [1.54, 1.807) is 0 Å². The van der Waals surface area contributed by atoms with E-state index in [1.165, 1.54) is 44.9 Å². The Kier molecular flexibility index (Phi) is 27.0. The third-order valence-electron chi connectivity index (χ3n) is 6.43. The molecule has 0 aliphatic rings. The number of esters is 1. The molecule has 2 unspecified atom stereocenters. The Bertz CT molecular complexity index is 689. The van der Waals surface area contributed by atoms with Crippen molar-refractivity contribution in [1.82, 2.24) is 5.32 Å². The van der Waals surface area contributed by atoms with Crippen LogP contribution in [0.5, 0.6) is 0 Å². The van der Waals surface area contributed by atoms with E-state index in [1.807, 2.05) is 0 Å². The summed E-state index contributed by atoms with van der Waals surface area (Å²) in [6.07, 6.45) is 23.0. The van der Waals surface area contributed by atoms with Crippen molar-refractivity contribution in [3.63, 3.8) is 0 Å². The minimum absolute atomic E-state index is 0.0837. The first-order chi connectivity index (χ1) is 19.3. The number of ether oxygens (including phenoxy) is 1. The number of unbranched alkanes of at least 4 members (excludes halogenated alkanes) is 14. The first-order valence-corrected chi connectivity index (χ1v) is 17.2. The summed E-state index contributed by atoms with van der Waals surface area (Å²) < 4.78 is 26.5. The number of carbonyl (C=O) groups is 2. The monoisotopic (exact) mass is 591 g/mol. The molecule has 9 nitrogen and oxygen atoms in total. The maximum Gasteiger partial charge on any atom is 0.472 e. The van der Waals surface area contributed by atoms with Gasteiger partial charge < -0.3 is 20.1 Å². The van der Waals surface area contributed by atoms with Crippen LogP contribution in [0.15, 0.2) is 12.2 Å². The van der Waals surface area contributed by atoms with Gasteiger partial charge in [0.15, 0.2) is 0 Å². The summed E-state index contributed by atoms with van der Waals surface area (Å²) in [7, 11) is -4.39. The van der Waals surface area contributed by atoms with Gasteiger partial charge in [0.05, 0.1) is 13.2 Å². The Morgan fingerprint density at radius 2 is 1.32 bits per heavy atom. The van der Waals surface area contributed by atoms with Crippen LogP contribution < -0.4 is 5.32 Å². The van der Waals surface area contributed by atoms with Crippen molar-refractivity contribution in [2.75, 3.05) is 26.4 Å². The molecule has 0 rings (SSSR count). The summed E-state index contributed by atoms with van der Waals surface area (Å²) in [5.74, 6) is -0.532. The highest BCUT2D eigenvalue weighted by molar-refractivity contribution is 7.47. The first kappa shape index (κ1) is 38.8. The summed E-state index contributed by atoms with van der Waals surface area (Å²) in [5, 5.41) is 12.5. The van der Waals surface area contributed by atoms with Crippen LogP contribution in [0.25, 0.3) is 0 Å². The van der Waals surface area contributed by atoms with Crippen molar-refractivity contribution in [3.8, 4) is 0 Å². The Hall–Kier alpha value is -1.25. The second-order valence-corrected chi connectivity index (χ2v) is 11.9. The summed E-state index contributed by atoms with van der Waals surface area (Å²) in [5.41, 5.74) is 0. The summed E-state index contributed by atoms with van der Waals surface area (Å²) in [4.78, 5) is 33.4. The molecule has 0 aromatic carbocycles. The zero-order chi connectivity index (χ0) is 29.7. The van der Waals surface area contributed by atoms with Gasteiger partial charge in [0.1, 0.15) is 12.7 Å². The molecular weight excluding hydrogens is 533 g/mol. The molecular formula is C30H58NO8P. The van der Waals surface area contributed by atoms with E-state index in [2.05, 4.69) is 31.3 Å². The lowest BCUT2D eigenvalue weighted by Gasteiger charge is -2.15. The summed E-state index contributed by atoms with van der Waals surface area (Å²) >= 11 is 0. The van der Waals surface area contributed by atoms with Gasteiger partial charge in [-0.25, -0.2) is 4.57 Å². The number of aliphatic hydroxyl groups is 1. The van der Waals surface area contributed by atoms with Crippen molar-refractivity contribution in [3.05, 3.63) is 12.2 Å². The summed E-state index contributed by atoms with van der Waals surface area (Å²) in [6, 6.07) is 0. The molecule has 0 aliphatic heterocycles. The van der Waals surface area contributed by atoms with Gasteiger partial charge in [0.2, 0.25) is 5.91 Å². The van der Waals surface area contributed by atoms with Crippen LogP contribution in [0.2, 0.25) is 0 Å². The lowest BCUT2D eigenvalue weighted by molar-refractivity contribution is -0.147. The predicted molar refractivity (Wildman–Crippen MR) is 160 cm³/mol. The summed E-state index contributed by atoms with van der Waals surface area (Å²) in [6.45, 7) is 3.42. The van der Waals surface area contributed by atoms with Crippen molar-refractivity contribution in [2.45, 2.75) is 142 Å². The van der Waals surface area contributed by atoms with Crippen LogP contribution in [-0.4, -0.2) is 54.3 Å². The molecule has 236 valence electrons. The topological polar surface area (TPSA) is 131 Å².